The molecular formula is C18H13N3O2. The highest BCUT2D eigenvalue weighted by Crippen LogP contribution is 2.30. The van der Waals surface area contributed by atoms with Crippen LogP contribution in [0, 0.1) is 21.4 Å². The van der Waals surface area contributed by atoms with Crippen molar-refractivity contribution in [3.63, 3.8) is 0 Å². The SMILES string of the molecule is CN1C(=Cc2ccc([N+](=O)[O-])cc2C#N)C=Cc2ccccc21. The third-order valence-electron chi connectivity index (χ3n) is 3.79. The summed E-state index contributed by atoms with van der Waals surface area (Å²) < 4.78 is 0. The molecule has 1 aliphatic rings. The molecule has 0 atom stereocenters. The van der Waals surface area contributed by atoms with Gasteiger partial charge in [-0.1, -0.05) is 24.3 Å². The van der Waals surface area contributed by atoms with Crippen LogP contribution in [0.25, 0.3) is 12.2 Å². The van der Waals surface area contributed by atoms with E-state index in [0.717, 1.165) is 16.9 Å². The molecule has 0 radical (unpaired) electrons. The van der Waals surface area contributed by atoms with E-state index in [4.69, 9.17) is 0 Å². The van der Waals surface area contributed by atoms with Gasteiger partial charge >= 0.3 is 0 Å². The van der Waals surface area contributed by atoms with Crippen molar-refractivity contribution in [2.45, 2.75) is 0 Å². The largest absolute Gasteiger partial charge is 0.344 e. The van der Waals surface area contributed by atoms with Crippen LogP contribution in [-0.4, -0.2) is 12.0 Å². The Morgan fingerprint density at radius 2 is 2.00 bits per heavy atom. The molecule has 1 heterocycles. The highest BCUT2D eigenvalue weighted by Gasteiger charge is 2.15. The number of allylic oxidation sites excluding steroid dienone is 1. The van der Waals surface area contributed by atoms with Crippen LogP contribution in [0.1, 0.15) is 16.7 Å². The lowest BCUT2D eigenvalue weighted by Crippen LogP contribution is -2.18. The van der Waals surface area contributed by atoms with Gasteiger partial charge in [0, 0.05) is 30.6 Å². The normalized spacial score (nSPS) is 14.4. The van der Waals surface area contributed by atoms with Crippen molar-refractivity contribution in [1.29, 1.82) is 5.26 Å². The van der Waals surface area contributed by atoms with Gasteiger partial charge in [0.1, 0.15) is 6.07 Å². The third-order valence-corrected chi connectivity index (χ3v) is 3.79. The fraction of sp³-hybridized carbons (Fsp3) is 0.0556. The second-order valence-electron chi connectivity index (χ2n) is 5.16. The summed E-state index contributed by atoms with van der Waals surface area (Å²) in [6.07, 6.45) is 5.83. The van der Waals surface area contributed by atoms with Crippen LogP contribution in [0.2, 0.25) is 0 Å². The number of nitrogens with zero attached hydrogens (tertiary/aromatic N) is 3. The molecule has 0 spiro atoms. The van der Waals surface area contributed by atoms with E-state index in [1.165, 1.54) is 12.1 Å². The number of likely N-dealkylation sites (N-methyl/N-ethyl adjacent to an activating group) is 1. The Morgan fingerprint density at radius 1 is 1.22 bits per heavy atom. The molecule has 112 valence electrons. The molecule has 23 heavy (non-hydrogen) atoms. The lowest BCUT2D eigenvalue weighted by molar-refractivity contribution is -0.384. The molecule has 0 saturated carbocycles. The van der Waals surface area contributed by atoms with E-state index in [2.05, 4.69) is 0 Å². The average molecular weight is 303 g/mol. The maximum Gasteiger partial charge on any atom is 0.270 e. The number of non-ortho nitro benzene ring substituents is 1. The lowest BCUT2D eigenvalue weighted by Gasteiger charge is -2.26. The van der Waals surface area contributed by atoms with Gasteiger partial charge in [0.05, 0.1) is 10.5 Å². The number of fused-ring (bicyclic) bond motifs is 1. The molecule has 0 N–H and O–H groups in total. The van der Waals surface area contributed by atoms with Crippen LogP contribution in [0.15, 0.2) is 54.2 Å². The molecule has 0 bridgehead atoms. The summed E-state index contributed by atoms with van der Waals surface area (Å²) in [6.45, 7) is 0. The Hall–Kier alpha value is -3.39. The van der Waals surface area contributed by atoms with Gasteiger partial charge in [-0.3, -0.25) is 10.1 Å². The van der Waals surface area contributed by atoms with Crippen LogP contribution < -0.4 is 4.90 Å². The molecule has 0 saturated heterocycles. The van der Waals surface area contributed by atoms with E-state index in [-0.39, 0.29) is 11.3 Å². The van der Waals surface area contributed by atoms with Gasteiger partial charge in [0.2, 0.25) is 0 Å². The number of nitro benzene ring substituents is 1. The highest BCUT2D eigenvalue weighted by molar-refractivity contribution is 5.80. The molecule has 0 fully saturated rings. The Kier molecular flexibility index (Phi) is 3.65. The summed E-state index contributed by atoms with van der Waals surface area (Å²) in [7, 11) is 1.95. The first-order chi connectivity index (χ1) is 11.1. The van der Waals surface area contributed by atoms with E-state index in [9.17, 15) is 15.4 Å². The van der Waals surface area contributed by atoms with Gasteiger partial charge < -0.3 is 4.90 Å². The minimum atomic E-state index is -0.499. The number of para-hydroxylation sites is 1. The quantitative estimate of drug-likeness (QED) is 0.621. The molecule has 5 nitrogen and oxygen atoms in total. The van der Waals surface area contributed by atoms with E-state index < -0.39 is 4.92 Å². The molecule has 0 aromatic heterocycles. The Bertz CT molecular complexity index is 891. The fourth-order valence-electron chi connectivity index (χ4n) is 2.54. The Balaban J connectivity index is 2.04. The van der Waals surface area contributed by atoms with Crippen LogP contribution >= 0.6 is 0 Å². The summed E-state index contributed by atoms with van der Waals surface area (Å²) in [5, 5.41) is 20.1. The second-order valence-corrected chi connectivity index (χ2v) is 5.16. The summed E-state index contributed by atoms with van der Waals surface area (Å²) in [6, 6.07) is 14.3. The van der Waals surface area contributed by atoms with Gasteiger partial charge in [-0.15, -0.1) is 0 Å². The first-order valence-corrected chi connectivity index (χ1v) is 7.01. The molecule has 0 aliphatic carbocycles. The van der Waals surface area contributed by atoms with Crippen molar-refractivity contribution in [3.05, 3.63) is 81.0 Å². The predicted molar refractivity (Wildman–Crippen MR) is 89.7 cm³/mol. The highest BCUT2D eigenvalue weighted by atomic mass is 16.6. The fourth-order valence-corrected chi connectivity index (χ4v) is 2.54. The second kappa shape index (κ2) is 5.78. The number of nitro groups is 1. The van der Waals surface area contributed by atoms with Gasteiger partial charge in [0.25, 0.3) is 5.69 Å². The van der Waals surface area contributed by atoms with Gasteiger partial charge in [-0.2, -0.15) is 5.26 Å². The first-order valence-electron chi connectivity index (χ1n) is 7.01. The van der Waals surface area contributed by atoms with Crippen molar-refractivity contribution in [2.75, 3.05) is 11.9 Å². The monoisotopic (exact) mass is 303 g/mol. The molecule has 0 unspecified atom stereocenters. The number of hydrogen-bond donors (Lipinski definition) is 0. The van der Waals surface area contributed by atoms with E-state index >= 15 is 0 Å². The van der Waals surface area contributed by atoms with E-state index in [1.807, 2.05) is 60.5 Å². The molecule has 3 rings (SSSR count). The number of rotatable bonds is 2. The average Bonchev–Trinajstić information content (AvgIpc) is 2.57. The topological polar surface area (TPSA) is 70.2 Å². The zero-order chi connectivity index (χ0) is 16.4. The Morgan fingerprint density at radius 3 is 2.74 bits per heavy atom. The minimum Gasteiger partial charge on any atom is -0.344 e. The molecule has 2 aromatic carbocycles. The van der Waals surface area contributed by atoms with Gasteiger partial charge in [0.15, 0.2) is 0 Å². The summed E-state index contributed by atoms with van der Waals surface area (Å²) in [5.74, 6) is 0. The van der Waals surface area contributed by atoms with Crippen molar-refractivity contribution in [3.8, 4) is 6.07 Å². The van der Waals surface area contributed by atoms with Crippen LogP contribution in [0.3, 0.4) is 0 Å². The molecule has 1 aliphatic heterocycles. The zero-order valence-electron chi connectivity index (χ0n) is 12.4. The van der Waals surface area contributed by atoms with E-state index in [1.54, 1.807) is 6.07 Å². The molecule has 2 aromatic rings. The number of hydrogen-bond acceptors (Lipinski definition) is 4. The van der Waals surface area contributed by atoms with Crippen molar-refractivity contribution < 1.29 is 4.92 Å². The zero-order valence-corrected chi connectivity index (χ0v) is 12.4. The minimum absolute atomic E-state index is 0.0819. The Labute approximate surface area is 133 Å². The molecule has 5 heteroatoms. The lowest BCUT2D eigenvalue weighted by atomic mass is 10.0. The first kappa shape index (κ1) is 14.5. The maximum atomic E-state index is 10.8. The molecule has 0 amide bonds. The van der Waals surface area contributed by atoms with Crippen LogP contribution in [0.4, 0.5) is 11.4 Å². The standard InChI is InChI=1S/C18H13N3O2/c1-20-16(8-6-13-4-2-3-5-18(13)20)10-14-7-9-17(21(22)23)11-15(14)12-19/h2-11H,1H3. The number of nitriles is 1. The van der Waals surface area contributed by atoms with Crippen molar-refractivity contribution in [2.24, 2.45) is 0 Å². The smallest absolute Gasteiger partial charge is 0.270 e. The molecular weight excluding hydrogens is 290 g/mol. The summed E-state index contributed by atoms with van der Waals surface area (Å²) in [5.41, 5.74) is 3.96. The van der Waals surface area contributed by atoms with Gasteiger partial charge in [-0.25, -0.2) is 0 Å². The predicted octanol–water partition coefficient (Wildman–Crippen LogP) is 3.97. The maximum absolute atomic E-state index is 10.8. The third kappa shape index (κ3) is 2.70. The van der Waals surface area contributed by atoms with Crippen LogP contribution in [0.5, 0.6) is 0 Å². The van der Waals surface area contributed by atoms with Crippen molar-refractivity contribution in [1.82, 2.24) is 0 Å². The summed E-state index contributed by atoms with van der Waals surface area (Å²) in [4.78, 5) is 12.3. The van der Waals surface area contributed by atoms with Gasteiger partial charge in [-0.05, 0) is 35.4 Å². The number of anilines is 1. The van der Waals surface area contributed by atoms with E-state index in [0.29, 0.717) is 5.56 Å². The summed E-state index contributed by atoms with van der Waals surface area (Å²) >= 11 is 0. The van der Waals surface area contributed by atoms with Crippen molar-refractivity contribution >= 4 is 23.5 Å². The number of benzene rings is 2. The van der Waals surface area contributed by atoms with Crippen LogP contribution in [-0.2, 0) is 0 Å².